The van der Waals surface area contributed by atoms with Crippen molar-refractivity contribution in [3.05, 3.63) is 11.6 Å². The fourth-order valence-corrected chi connectivity index (χ4v) is 2.30. The Morgan fingerprint density at radius 2 is 2.08 bits per heavy atom. The molecule has 0 radical (unpaired) electrons. The third-order valence-corrected chi connectivity index (χ3v) is 3.07. The maximum Gasteiger partial charge on any atom is 0.154 e. The Kier molecular flexibility index (Phi) is 2.43. The van der Waals surface area contributed by atoms with Gasteiger partial charge >= 0.3 is 0 Å². The van der Waals surface area contributed by atoms with E-state index in [1.165, 1.54) is 18.4 Å². The first-order chi connectivity index (χ1) is 6.20. The van der Waals surface area contributed by atoms with Crippen molar-refractivity contribution in [1.29, 1.82) is 0 Å². The predicted molar refractivity (Wildman–Crippen MR) is 51.4 cm³/mol. The van der Waals surface area contributed by atoms with Gasteiger partial charge in [-0.05, 0) is 33.1 Å². The predicted octanol–water partition coefficient (Wildman–Crippen LogP) is 2.50. The average Bonchev–Trinajstić information content (AvgIpc) is 2.11. The molecular formula is C11H18O2. The zero-order valence-electron chi connectivity index (χ0n) is 8.51. The first-order valence-electron chi connectivity index (χ1n) is 5.09. The second-order valence-electron chi connectivity index (χ2n) is 4.46. The van der Waals surface area contributed by atoms with E-state index in [0.717, 1.165) is 19.6 Å². The highest BCUT2D eigenvalue weighted by molar-refractivity contribution is 5.08. The molecule has 0 bridgehead atoms. The summed E-state index contributed by atoms with van der Waals surface area (Å²) in [6, 6.07) is 0. The maximum absolute atomic E-state index is 5.57. The molecule has 2 nitrogen and oxygen atoms in total. The largest absolute Gasteiger partial charge is 0.352 e. The van der Waals surface area contributed by atoms with Gasteiger partial charge in [0.05, 0.1) is 13.2 Å². The molecule has 1 fully saturated rings. The van der Waals surface area contributed by atoms with Crippen molar-refractivity contribution in [1.82, 2.24) is 0 Å². The molecular weight excluding hydrogens is 164 g/mol. The summed E-state index contributed by atoms with van der Waals surface area (Å²) in [5.41, 5.74) is 1.79. The third-order valence-electron chi connectivity index (χ3n) is 3.07. The van der Waals surface area contributed by atoms with Gasteiger partial charge in [0, 0.05) is 5.41 Å². The van der Waals surface area contributed by atoms with Crippen LogP contribution in [-0.4, -0.2) is 19.5 Å². The minimum Gasteiger partial charge on any atom is -0.352 e. The average molecular weight is 182 g/mol. The first-order valence-corrected chi connectivity index (χ1v) is 5.09. The van der Waals surface area contributed by atoms with Crippen molar-refractivity contribution in [2.24, 2.45) is 5.41 Å². The molecule has 0 aromatic carbocycles. The summed E-state index contributed by atoms with van der Waals surface area (Å²) >= 11 is 0. The third kappa shape index (κ3) is 1.94. The Labute approximate surface area is 79.9 Å². The molecule has 1 heterocycles. The molecule has 0 unspecified atom stereocenters. The lowest BCUT2D eigenvalue weighted by Gasteiger charge is -2.41. The zero-order valence-corrected chi connectivity index (χ0v) is 8.51. The lowest BCUT2D eigenvalue weighted by molar-refractivity contribution is -0.222. The van der Waals surface area contributed by atoms with Crippen LogP contribution in [0.15, 0.2) is 11.6 Å². The Morgan fingerprint density at radius 3 is 2.69 bits per heavy atom. The van der Waals surface area contributed by atoms with Gasteiger partial charge in [-0.2, -0.15) is 0 Å². The quantitative estimate of drug-likeness (QED) is 0.536. The van der Waals surface area contributed by atoms with E-state index in [0.29, 0.717) is 5.41 Å². The number of hydrogen-bond acceptors (Lipinski definition) is 2. The Morgan fingerprint density at radius 1 is 1.38 bits per heavy atom. The van der Waals surface area contributed by atoms with Crippen LogP contribution < -0.4 is 0 Å². The van der Waals surface area contributed by atoms with Crippen LogP contribution >= 0.6 is 0 Å². The summed E-state index contributed by atoms with van der Waals surface area (Å²) in [4.78, 5) is 0. The highest BCUT2D eigenvalue weighted by atomic mass is 16.7. The van der Waals surface area contributed by atoms with Gasteiger partial charge in [-0.3, -0.25) is 0 Å². The zero-order chi connectivity index (χ0) is 9.31. The van der Waals surface area contributed by atoms with Crippen LogP contribution in [0.25, 0.3) is 0 Å². The minimum atomic E-state index is -0.00293. The van der Waals surface area contributed by atoms with Crippen LogP contribution in [0.3, 0.4) is 0 Å². The summed E-state index contributed by atoms with van der Waals surface area (Å²) < 4.78 is 11.1. The Bertz CT molecular complexity index is 212. The number of allylic oxidation sites excluding steroid dienone is 2. The molecule has 0 saturated carbocycles. The summed E-state index contributed by atoms with van der Waals surface area (Å²) in [5.74, 6) is 0. The van der Waals surface area contributed by atoms with Crippen molar-refractivity contribution in [3.63, 3.8) is 0 Å². The highest BCUT2D eigenvalue weighted by Crippen LogP contribution is 2.39. The van der Waals surface area contributed by atoms with Crippen LogP contribution in [0.4, 0.5) is 0 Å². The second kappa shape index (κ2) is 3.43. The molecule has 1 aliphatic carbocycles. The van der Waals surface area contributed by atoms with Gasteiger partial charge < -0.3 is 9.47 Å². The van der Waals surface area contributed by atoms with E-state index in [9.17, 15) is 0 Å². The lowest BCUT2D eigenvalue weighted by Crippen LogP contribution is -2.41. The van der Waals surface area contributed by atoms with Crippen molar-refractivity contribution >= 4 is 0 Å². The highest BCUT2D eigenvalue weighted by Gasteiger charge is 2.36. The van der Waals surface area contributed by atoms with E-state index in [4.69, 9.17) is 9.47 Å². The molecule has 1 aliphatic heterocycles. The smallest absolute Gasteiger partial charge is 0.154 e. The van der Waals surface area contributed by atoms with Gasteiger partial charge in [0.15, 0.2) is 6.29 Å². The molecule has 0 amide bonds. The number of ether oxygens (including phenoxy) is 2. The monoisotopic (exact) mass is 182 g/mol. The van der Waals surface area contributed by atoms with Crippen LogP contribution in [0.5, 0.6) is 0 Å². The molecule has 74 valence electrons. The maximum atomic E-state index is 5.57. The van der Waals surface area contributed by atoms with E-state index in [2.05, 4.69) is 13.0 Å². The van der Waals surface area contributed by atoms with Crippen LogP contribution in [0.1, 0.15) is 33.1 Å². The molecule has 1 spiro atoms. The van der Waals surface area contributed by atoms with Crippen molar-refractivity contribution in [2.45, 2.75) is 39.4 Å². The van der Waals surface area contributed by atoms with E-state index in [-0.39, 0.29) is 6.29 Å². The van der Waals surface area contributed by atoms with Gasteiger partial charge in [-0.25, -0.2) is 0 Å². The summed E-state index contributed by atoms with van der Waals surface area (Å²) in [7, 11) is 0. The first kappa shape index (κ1) is 9.22. The SMILES string of the molecule is CC1=CCCC2(COC(C)OC2)C1. The molecule has 2 rings (SSSR count). The van der Waals surface area contributed by atoms with Crippen molar-refractivity contribution in [2.75, 3.05) is 13.2 Å². The van der Waals surface area contributed by atoms with E-state index < -0.39 is 0 Å². The van der Waals surface area contributed by atoms with Gasteiger partial charge in [0.25, 0.3) is 0 Å². The summed E-state index contributed by atoms with van der Waals surface area (Å²) in [6.07, 6.45) is 5.89. The lowest BCUT2D eigenvalue weighted by atomic mass is 9.75. The molecule has 0 aromatic heterocycles. The minimum absolute atomic E-state index is 0.00293. The van der Waals surface area contributed by atoms with Crippen LogP contribution in [-0.2, 0) is 9.47 Å². The molecule has 13 heavy (non-hydrogen) atoms. The van der Waals surface area contributed by atoms with E-state index in [1.807, 2.05) is 6.92 Å². The fraction of sp³-hybridized carbons (Fsp3) is 0.818. The van der Waals surface area contributed by atoms with Gasteiger partial charge in [0.2, 0.25) is 0 Å². The van der Waals surface area contributed by atoms with Gasteiger partial charge in [0.1, 0.15) is 0 Å². The molecule has 0 aromatic rings. The van der Waals surface area contributed by atoms with Gasteiger partial charge in [-0.1, -0.05) is 11.6 Å². The second-order valence-corrected chi connectivity index (χ2v) is 4.46. The van der Waals surface area contributed by atoms with Crippen molar-refractivity contribution in [3.8, 4) is 0 Å². The molecule has 2 heteroatoms. The molecule has 0 N–H and O–H groups in total. The summed E-state index contributed by atoms with van der Waals surface area (Å²) in [5, 5.41) is 0. The Balaban J connectivity index is 2.01. The molecule has 2 aliphatic rings. The number of rotatable bonds is 0. The van der Waals surface area contributed by atoms with Crippen LogP contribution in [0.2, 0.25) is 0 Å². The van der Waals surface area contributed by atoms with Crippen molar-refractivity contribution < 1.29 is 9.47 Å². The van der Waals surface area contributed by atoms with Crippen LogP contribution in [0, 0.1) is 5.41 Å². The summed E-state index contributed by atoms with van der Waals surface area (Å²) in [6.45, 7) is 5.93. The van der Waals surface area contributed by atoms with E-state index in [1.54, 1.807) is 0 Å². The van der Waals surface area contributed by atoms with E-state index >= 15 is 0 Å². The molecule has 0 atom stereocenters. The van der Waals surface area contributed by atoms with Gasteiger partial charge in [-0.15, -0.1) is 0 Å². The Hall–Kier alpha value is -0.340. The fourth-order valence-electron chi connectivity index (χ4n) is 2.30. The normalized spacial score (nSPS) is 40.5. The molecule has 1 saturated heterocycles. The number of hydrogen-bond donors (Lipinski definition) is 0. The topological polar surface area (TPSA) is 18.5 Å². The standard InChI is InChI=1S/C11H18O2/c1-9-4-3-5-11(6-9)7-12-10(2)13-8-11/h4,10H,3,5-8H2,1-2H3.